The van der Waals surface area contributed by atoms with Crippen LogP contribution in [0.2, 0.25) is 0 Å². The summed E-state index contributed by atoms with van der Waals surface area (Å²) in [5.74, 6) is -1.84. The van der Waals surface area contributed by atoms with Gasteiger partial charge in [0.2, 0.25) is 15.9 Å². The number of thiazole rings is 1. The van der Waals surface area contributed by atoms with Crippen LogP contribution in [0.5, 0.6) is 0 Å². The fourth-order valence-corrected chi connectivity index (χ4v) is 5.80. The normalized spacial score (nSPS) is 14.9. The quantitative estimate of drug-likeness (QED) is 0.578. The highest BCUT2D eigenvalue weighted by Crippen LogP contribution is 2.25. The first-order valence-corrected chi connectivity index (χ1v) is 12.3. The number of halogens is 1. The van der Waals surface area contributed by atoms with E-state index in [-0.39, 0.29) is 18.1 Å². The molecule has 1 aliphatic rings. The highest BCUT2D eigenvalue weighted by atomic mass is 32.2. The summed E-state index contributed by atoms with van der Waals surface area (Å²) in [7, 11) is -4.03. The van der Waals surface area contributed by atoms with E-state index < -0.39 is 26.7 Å². The number of amides is 1. The molecule has 168 valence electrons. The Bertz CT molecular complexity index is 1060. The molecular formula is C20H24FN3O5S2. The lowest BCUT2D eigenvalue weighted by Gasteiger charge is -2.26. The smallest absolute Gasteiger partial charge is 0.338 e. The zero-order chi connectivity index (χ0) is 22.6. The van der Waals surface area contributed by atoms with Gasteiger partial charge in [-0.1, -0.05) is 6.42 Å². The van der Waals surface area contributed by atoms with Crippen LogP contribution in [0.1, 0.15) is 49.2 Å². The van der Waals surface area contributed by atoms with E-state index in [9.17, 15) is 22.4 Å². The number of anilines is 1. The second-order valence-corrected chi connectivity index (χ2v) is 9.81. The third-order valence-corrected chi connectivity index (χ3v) is 7.74. The first-order valence-electron chi connectivity index (χ1n) is 9.93. The molecule has 0 bridgehead atoms. The number of ether oxygens (including phenoxy) is 1. The molecule has 0 N–H and O–H groups in total. The van der Waals surface area contributed by atoms with Gasteiger partial charge in [0.25, 0.3) is 0 Å². The van der Waals surface area contributed by atoms with E-state index in [4.69, 9.17) is 4.74 Å². The lowest BCUT2D eigenvalue weighted by atomic mass is 10.2. The summed E-state index contributed by atoms with van der Waals surface area (Å²) >= 11 is 1.25. The van der Waals surface area contributed by atoms with Crippen LogP contribution < -0.4 is 4.90 Å². The Labute approximate surface area is 184 Å². The van der Waals surface area contributed by atoms with Crippen LogP contribution in [-0.2, 0) is 26.2 Å². The number of sulfonamides is 1. The van der Waals surface area contributed by atoms with Crippen LogP contribution in [-0.4, -0.2) is 49.2 Å². The summed E-state index contributed by atoms with van der Waals surface area (Å²) in [6, 6.07) is 3.16. The molecule has 11 heteroatoms. The first kappa shape index (κ1) is 23.3. The van der Waals surface area contributed by atoms with Crippen molar-refractivity contribution in [1.29, 1.82) is 0 Å². The maximum atomic E-state index is 14.3. The number of carbonyl (C=O) groups excluding carboxylic acids is 2. The predicted molar refractivity (Wildman–Crippen MR) is 114 cm³/mol. The highest BCUT2D eigenvalue weighted by Gasteiger charge is 2.29. The molecule has 1 saturated heterocycles. The largest absolute Gasteiger partial charge is 0.456 e. The Balaban J connectivity index is 1.72. The minimum atomic E-state index is -4.03. The summed E-state index contributed by atoms with van der Waals surface area (Å²) in [6.45, 7) is 4.23. The van der Waals surface area contributed by atoms with Crippen LogP contribution >= 0.6 is 11.3 Å². The number of benzene rings is 1. The molecule has 1 fully saturated rings. The Hall–Kier alpha value is -2.37. The third-order valence-electron chi connectivity index (χ3n) is 4.92. The van der Waals surface area contributed by atoms with E-state index in [2.05, 4.69) is 4.98 Å². The summed E-state index contributed by atoms with van der Waals surface area (Å²) in [5, 5.41) is 2.17. The summed E-state index contributed by atoms with van der Waals surface area (Å²) in [6.07, 6.45) is 2.37. The summed E-state index contributed by atoms with van der Waals surface area (Å²) in [5.41, 5.74) is 0.391. The molecule has 0 unspecified atom stereocenters. The lowest BCUT2D eigenvalue weighted by molar-refractivity contribution is -0.116. The van der Waals surface area contributed by atoms with Gasteiger partial charge in [-0.05, 0) is 38.0 Å². The van der Waals surface area contributed by atoms with Crippen molar-refractivity contribution in [1.82, 2.24) is 9.29 Å². The van der Waals surface area contributed by atoms with Crippen molar-refractivity contribution in [3.8, 4) is 0 Å². The van der Waals surface area contributed by atoms with Gasteiger partial charge in [-0.25, -0.2) is 22.6 Å². The van der Waals surface area contributed by atoms with Crippen molar-refractivity contribution >= 4 is 38.4 Å². The Kier molecular flexibility index (Phi) is 7.39. The van der Waals surface area contributed by atoms with E-state index in [1.807, 2.05) is 6.92 Å². The monoisotopic (exact) mass is 469 g/mol. The third kappa shape index (κ3) is 5.28. The van der Waals surface area contributed by atoms with Gasteiger partial charge in [0.15, 0.2) is 5.13 Å². The molecule has 3 rings (SSSR count). The number of rotatable bonds is 7. The Morgan fingerprint density at radius 3 is 2.61 bits per heavy atom. The number of aromatic nitrogens is 1. The molecule has 1 amide bonds. The van der Waals surface area contributed by atoms with E-state index >= 15 is 0 Å². The Morgan fingerprint density at radius 1 is 1.26 bits per heavy atom. The van der Waals surface area contributed by atoms with Crippen LogP contribution in [0.25, 0.3) is 0 Å². The SMILES string of the molecule is CCN(C(C)=O)c1nc(COC(=O)c2ccc(F)c(S(=O)(=O)N3CCCCC3)c2)cs1. The predicted octanol–water partition coefficient (Wildman–Crippen LogP) is 3.19. The molecule has 0 aliphatic carbocycles. The fraction of sp³-hybridized carbons (Fsp3) is 0.450. The molecule has 1 aromatic heterocycles. The van der Waals surface area contributed by atoms with Gasteiger partial charge in [-0.15, -0.1) is 11.3 Å². The van der Waals surface area contributed by atoms with E-state index in [0.29, 0.717) is 30.5 Å². The molecule has 1 aromatic carbocycles. The number of esters is 1. The number of hydrogen-bond acceptors (Lipinski definition) is 7. The zero-order valence-corrected chi connectivity index (χ0v) is 19.0. The zero-order valence-electron chi connectivity index (χ0n) is 17.3. The van der Waals surface area contributed by atoms with Crippen molar-refractivity contribution in [2.75, 3.05) is 24.5 Å². The van der Waals surface area contributed by atoms with Gasteiger partial charge in [-0.3, -0.25) is 9.69 Å². The maximum absolute atomic E-state index is 14.3. The molecule has 1 aliphatic heterocycles. The van der Waals surface area contributed by atoms with E-state index in [1.165, 1.54) is 33.5 Å². The first-order chi connectivity index (χ1) is 14.7. The topological polar surface area (TPSA) is 96.9 Å². The van der Waals surface area contributed by atoms with Gasteiger partial charge in [0, 0.05) is 31.9 Å². The van der Waals surface area contributed by atoms with Crippen molar-refractivity contribution in [2.24, 2.45) is 0 Å². The average molecular weight is 470 g/mol. The van der Waals surface area contributed by atoms with Crippen molar-refractivity contribution < 1.29 is 27.1 Å². The van der Waals surface area contributed by atoms with Gasteiger partial charge in [-0.2, -0.15) is 4.31 Å². The highest BCUT2D eigenvalue weighted by molar-refractivity contribution is 7.89. The van der Waals surface area contributed by atoms with Crippen LogP contribution in [0, 0.1) is 5.82 Å². The number of piperidine rings is 1. The number of carbonyl (C=O) groups is 2. The molecule has 2 heterocycles. The molecule has 0 radical (unpaired) electrons. The molecule has 0 spiro atoms. The van der Waals surface area contributed by atoms with E-state index in [1.54, 1.807) is 5.38 Å². The van der Waals surface area contributed by atoms with Gasteiger partial charge < -0.3 is 4.74 Å². The van der Waals surface area contributed by atoms with Crippen molar-refractivity contribution in [2.45, 2.75) is 44.6 Å². The molecular weight excluding hydrogens is 445 g/mol. The molecule has 8 nitrogen and oxygen atoms in total. The summed E-state index contributed by atoms with van der Waals surface area (Å²) < 4.78 is 46.4. The molecule has 2 aromatic rings. The minimum absolute atomic E-state index is 0.0636. The minimum Gasteiger partial charge on any atom is -0.456 e. The standard InChI is InChI=1S/C20H24FN3O5S2/c1-3-24(14(2)25)20-22-16(13-30-20)12-29-19(26)15-7-8-17(21)18(11-15)31(27,28)23-9-5-4-6-10-23/h7-8,11,13H,3-6,9-10,12H2,1-2H3. The van der Waals surface area contributed by atoms with Gasteiger partial charge in [0.05, 0.1) is 11.3 Å². The van der Waals surface area contributed by atoms with Crippen LogP contribution in [0.3, 0.4) is 0 Å². The summed E-state index contributed by atoms with van der Waals surface area (Å²) in [4.78, 5) is 29.3. The number of nitrogens with zero attached hydrogens (tertiary/aromatic N) is 3. The second-order valence-electron chi connectivity index (χ2n) is 7.07. The van der Waals surface area contributed by atoms with Gasteiger partial charge >= 0.3 is 5.97 Å². The average Bonchev–Trinajstić information content (AvgIpc) is 3.21. The molecule has 0 saturated carbocycles. The van der Waals surface area contributed by atoms with Gasteiger partial charge in [0.1, 0.15) is 17.3 Å². The Morgan fingerprint density at radius 2 is 1.97 bits per heavy atom. The van der Waals surface area contributed by atoms with Crippen molar-refractivity contribution in [3.63, 3.8) is 0 Å². The maximum Gasteiger partial charge on any atom is 0.338 e. The molecule has 0 atom stereocenters. The van der Waals surface area contributed by atoms with Crippen LogP contribution in [0.15, 0.2) is 28.5 Å². The van der Waals surface area contributed by atoms with Crippen LogP contribution in [0.4, 0.5) is 9.52 Å². The molecule has 31 heavy (non-hydrogen) atoms. The lowest BCUT2D eigenvalue weighted by Crippen LogP contribution is -2.36. The van der Waals surface area contributed by atoms with Crippen molar-refractivity contribution in [3.05, 3.63) is 40.7 Å². The second kappa shape index (κ2) is 9.84. The fourth-order valence-electron chi connectivity index (χ4n) is 3.27. The van der Waals surface area contributed by atoms with E-state index in [0.717, 1.165) is 31.4 Å². The number of hydrogen-bond donors (Lipinski definition) is 0.